The molecule has 1 rings (SSSR count). The Hall–Kier alpha value is -1.06. The molecule has 0 radical (unpaired) electrons. The summed E-state index contributed by atoms with van der Waals surface area (Å²) < 4.78 is 11.0. The van der Waals surface area contributed by atoms with Gasteiger partial charge in [-0.25, -0.2) is 0 Å². The van der Waals surface area contributed by atoms with Gasteiger partial charge in [0.05, 0.1) is 19.8 Å². The fraction of sp³-hybridized carbons (Fsp3) is 0.625. The lowest BCUT2D eigenvalue weighted by atomic mass is 10.1. The highest BCUT2D eigenvalue weighted by atomic mass is 16.5. The first-order chi connectivity index (χ1) is 9.11. The minimum atomic E-state index is 0.221. The van der Waals surface area contributed by atoms with Crippen LogP contribution in [0.1, 0.15) is 32.8 Å². The Morgan fingerprint density at radius 3 is 2.68 bits per heavy atom. The summed E-state index contributed by atoms with van der Waals surface area (Å²) in [6.45, 7) is 9.17. The molecule has 0 bridgehead atoms. The molecule has 1 aromatic carbocycles. The van der Waals surface area contributed by atoms with Crippen LogP contribution in [0.5, 0.6) is 5.75 Å². The third kappa shape index (κ3) is 7.19. The molecule has 1 atom stereocenters. The lowest BCUT2D eigenvalue weighted by Crippen LogP contribution is -2.28. The molecule has 0 aromatic heterocycles. The summed E-state index contributed by atoms with van der Waals surface area (Å²) >= 11 is 0. The number of methoxy groups -OCH3 is 1. The van der Waals surface area contributed by atoms with Crippen LogP contribution in [0.2, 0.25) is 0 Å². The van der Waals surface area contributed by atoms with Gasteiger partial charge in [-0.3, -0.25) is 0 Å². The Balaban J connectivity index is 2.20. The first kappa shape index (κ1) is 16.0. The molecule has 0 saturated carbocycles. The SMILES string of the molecule is COc1cccc(COC(C)CNCCC(C)C)c1. The predicted molar refractivity (Wildman–Crippen MR) is 79.6 cm³/mol. The summed E-state index contributed by atoms with van der Waals surface area (Å²) in [4.78, 5) is 0. The normalized spacial score (nSPS) is 12.7. The van der Waals surface area contributed by atoms with E-state index in [9.17, 15) is 0 Å². The number of hydrogen-bond donors (Lipinski definition) is 1. The molecule has 0 spiro atoms. The van der Waals surface area contributed by atoms with Crippen LogP contribution < -0.4 is 10.1 Å². The molecular weight excluding hydrogens is 238 g/mol. The van der Waals surface area contributed by atoms with Crippen molar-refractivity contribution in [3.05, 3.63) is 29.8 Å². The zero-order valence-electron chi connectivity index (χ0n) is 12.6. The van der Waals surface area contributed by atoms with E-state index in [1.54, 1.807) is 7.11 Å². The van der Waals surface area contributed by atoms with E-state index in [-0.39, 0.29) is 6.10 Å². The Kier molecular flexibility index (Phi) is 7.53. The highest BCUT2D eigenvalue weighted by Gasteiger charge is 2.03. The summed E-state index contributed by atoms with van der Waals surface area (Å²) in [5.74, 6) is 1.63. The zero-order chi connectivity index (χ0) is 14.1. The largest absolute Gasteiger partial charge is 0.497 e. The molecule has 0 aliphatic heterocycles. The topological polar surface area (TPSA) is 30.5 Å². The highest BCUT2D eigenvalue weighted by Crippen LogP contribution is 2.13. The van der Waals surface area contributed by atoms with Gasteiger partial charge in [0.25, 0.3) is 0 Å². The van der Waals surface area contributed by atoms with Crippen molar-refractivity contribution in [3.8, 4) is 5.75 Å². The lowest BCUT2D eigenvalue weighted by Gasteiger charge is -2.15. The standard InChI is InChI=1S/C16H27NO2/c1-13(2)8-9-17-11-14(3)19-12-15-6-5-7-16(10-15)18-4/h5-7,10,13-14,17H,8-9,11-12H2,1-4H3. The molecule has 108 valence electrons. The van der Waals surface area contributed by atoms with Crippen molar-refractivity contribution >= 4 is 0 Å². The number of rotatable bonds is 9. The lowest BCUT2D eigenvalue weighted by molar-refractivity contribution is 0.0530. The second-order valence-electron chi connectivity index (χ2n) is 5.36. The van der Waals surface area contributed by atoms with Crippen molar-refractivity contribution in [1.82, 2.24) is 5.32 Å². The van der Waals surface area contributed by atoms with Gasteiger partial charge in [0.2, 0.25) is 0 Å². The second kappa shape index (κ2) is 8.94. The maximum absolute atomic E-state index is 5.82. The molecule has 0 heterocycles. The molecule has 1 unspecified atom stereocenters. The van der Waals surface area contributed by atoms with E-state index < -0.39 is 0 Å². The fourth-order valence-electron chi connectivity index (χ4n) is 1.76. The van der Waals surface area contributed by atoms with E-state index in [2.05, 4.69) is 32.2 Å². The van der Waals surface area contributed by atoms with Gasteiger partial charge in [0.15, 0.2) is 0 Å². The van der Waals surface area contributed by atoms with Crippen molar-refractivity contribution in [2.24, 2.45) is 5.92 Å². The third-order valence-electron chi connectivity index (χ3n) is 3.00. The van der Waals surface area contributed by atoms with E-state index in [1.165, 1.54) is 6.42 Å². The summed E-state index contributed by atoms with van der Waals surface area (Å²) in [6.07, 6.45) is 1.43. The molecule has 0 aliphatic carbocycles. The monoisotopic (exact) mass is 265 g/mol. The van der Waals surface area contributed by atoms with Gasteiger partial charge >= 0.3 is 0 Å². The third-order valence-corrected chi connectivity index (χ3v) is 3.00. The zero-order valence-corrected chi connectivity index (χ0v) is 12.6. The molecule has 1 N–H and O–H groups in total. The number of benzene rings is 1. The van der Waals surface area contributed by atoms with Crippen molar-refractivity contribution in [3.63, 3.8) is 0 Å². The molecule has 0 fully saturated rings. The van der Waals surface area contributed by atoms with Gasteiger partial charge in [0.1, 0.15) is 5.75 Å². The Bertz CT molecular complexity index is 352. The highest BCUT2D eigenvalue weighted by molar-refractivity contribution is 5.27. The minimum Gasteiger partial charge on any atom is -0.497 e. The van der Waals surface area contributed by atoms with E-state index in [0.717, 1.165) is 30.3 Å². The molecule has 19 heavy (non-hydrogen) atoms. The quantitative estimate of drug-likeness (QED) is 0.695. The van der Waals surface area contributed by atoms with Crippen LogP contribution in [0, 0.1) is 5.92 Å². The maximum atomic E-state index is 5.82. The Labute approximate surface area is 117 Å². The smallest absolute Gasteiger partial charge is 0.119 e. The van der Waals surface area contributed by atoms with Gasteiger partial charge < -0.3 is 14.8 Å². The molecule has 0 amide bonds. The fourth-order valence-corrected chi connectivity index (χ4v) is 1.76. The van der Waals surface area contributed by atoms with Crippen molar-refractivity contribution in [2.45, 2.75) is 39.9 Å². The average molecular weight is 265 g/mol. The molecule has 3 heteroatoms. The van der Waals surface area contributed by atoms with Crippen LogP contribution in [0.3, 0.4) is 0 Å². The minimum absolute atomic E-state index is 0.221. The molecule has 0 saturated heterocycles. The number of hydrogen-bond acceptors (Lipinski definition) is 3. The molecule has 1 aromatic rings. The van der Waals surface area contributed by atoms with E-state index in [1.807, 2.05) is 18.2 Å². The summed E-state index contributed by atoms with van der Waals surface area (Å²) in [5.41, 5.74) is 1.15. The molecular formula is C16H27NO2. The van der Waals surface area contributed by atoms with Gasteiger partial charge in [-0.05, 0) is 43.5 Å². The van der Waals surface area contributed by atoms with E-state index in [4.69, 9.17) is 9.47 Å². The first-order valence-electron chi connectivity index (χ1n) is 7.07. The van der Waals surface area contributed by atoms with E-state index in [0.29, 0.717) is 6.61 Å². The molecule has 3 nitrogen and oxygen atoms in total. The molecule has 0 aliphatic rings. The summed E-state index contributed by atoms with van der Waals surface area (Å²) in [5, 5.41) is 3.43. The van der Waals surface area contributed by atoms with Crippen molar-refractivity contribution in [2.75, 3.05) is 20.2 Å². The van der Waals surface area contributed by atoms with E-state index >= 15 is 0 Å². The van der Waals surface area contributed by atoms with Crippen LogP contribution in [0.15, 0.2) is 24.3 Å². The van der Waals surface area contributed by atoms with Gasteiger partial charge in [-0.1, -0.05) is 26.0 Å². The van der Waals surface area contributed by atoms with Crippen LogP contribution in [-0.4, -0.2) is 26.3 Å². The van der Waals surface area contributed by atoms with Gasteiger partial charge in [-0.2, -0.15) is 0 Å². The van der Waals surface area contributed by atoms with Crippen molar-refractivity contribution in [1.29, 1.82) is 0 Å². The number of nitrogens with one attached hydrogen (secondary N) is 1. The van der Waals surface area contributed by atoms with Crippen LogP contribution in [-0.2, 0) is 11.3 Å². The maximum Gasteiger partial charge on any atom is 0.119 e. The Morgan fingerprint density at radius 2 is 2.00 bits per heavy atom. The first-order valence-corrected chi connectivity index (χ1v) is 7.07. The van der Waals surface area contributed by atoms with Crippen LogP contribution in [0.25, 0.3) is 0 Å². The van der Waals surface area contributed by atoms with Crippen LogP contribution in [0.4, 0.5) is 0 Å². The second-order valence-corrected chi connectivity index (χ2v) is 5.36. The van der Waals surface area contributed by atoms with Gasteiger partial charge in [0, 0.05) is 6.54 Å². The van der Waals surface area contributed by atoms with Crippen LogP contribution >= 0.6 is 0 Å². The van der Waals surface area contributed by atoms with Gasteiger partial charge in [-0.15, -0.1) is 0 Å². The van der Waals surface area contributed by atoms with Crippen molar-refractivity contribution < 1.29 is 9.47 Å². The number of ether oxygens (including phenoxy) is 2. The Morgan fingerprint density at radius 1 is 1.21 bits per heavy atom. The summed E-state index contributed by atoms with van der Waals surface area (Å²) in [7, 11) is 1.68. The summed E-state index contributed by atoms with van der Waals surface area (Å²) in [6, 6.07) is 8.00. The predicted octanol–water partition coefficient (Wildman–Crippen LogP) is 3.24. The average Bonchev–Trinajstić information content (AvgIpc) is 2.41.